The third-order valence-corrected chi connectivity index (χ3v) is 2.88. The van der Waals surface area contributed by atoms with E-state index in [4.69, 9.17) is 5.11 Å². The normalized spacial score (nSPS) is 15.4. The topological polar surface area (TPSA) is 32.3 Å². The SMILES string of the molecule is CCc1ccc(C(C)NCC(O)C(F)(F)F)cc1. The van der Waals surface area contributed by atoms with Crippen molar-refractivity contribution in [3.8, 4) is 0 Å². The lowest BCUT2D eigenvalue weighted by atomic mass is 10.0. The van der Waals surface area contributed by atoms with Gasteiger partial charge in [-0.15, -0.1) is 0 Å². The van der Waals surface area contributed by atoms with Gasteiger partial charge in [0.1, 0.15) is 0 Å². The Hall–Kier alpha value is -1.07. The summed E-state index contributed by atoms with van der Waals surface area (Å²) < 4.78 is 36.3. The molecule has 0 aliphatic carbocycles. The highest BCUT2D eigenvalue weighted by molar-refractivity contribution is 5.24. The first kappa shape index (κ1) is 15.0. The monoisotopic (exact) mass is 261 g/mol. The van der Waals surface area contributed by atoms with E-state index >= 15 is 0 Å². The maximum atomic E-state index is 12.1. The number of nitrogens with one attached hydrogen (secondary N) is 1. The van der Waals surface area contributed by atoms with E-state index in [1.165, 1.54) is 5.56 Å². The van der Waals surface area contributed by atoms with E-state index in [0.29, 0.717) is 0 Å². The first-order valence-electron chi connectivity index (χ1n) is 5.91. The summed E-state index contributed by atoms with van der Waals surface area (Å²) in [5.74, 6) is 0. The zero-order chi connectivity index (χ0) is 13.8. The molecule has 0 fully saturated rings. The van der Waals surface area contributed by atoms with Crippen molar-refractivity contribution in [3.05, 3.63) is 35.4 Å². The molecule has 2 N–H and O–H groups in total. The molecule has 2 nitrogen and oxygen atoms in total. The third-order valence-electron chi connectivity index (χ3n) is 2.88. The highest BCUT2D eigenvalue weighted by Gasteiger charge is 2.37. The van der Waals surface area contributed by atoms with Gasteiger partial charge in [0.15, 0.2) is 6.10 Å². The van der Waals surface area contributed by atoms with Crippen molar-refractivity contribution >= 4 is 0 Å². The van der Waals surface area contributed by atoms with Crippen molar-refractivity contribution in [2.45, 2.75) is 38.6 Å². The lowest BCUT2D eigenvalue weighted by Gasteiger charge is -2.19. The molecule has 1 rings (SSSR count). The molecule has 5 heteroatoms. The molecule has 0 aromatic heterocycles. The summed E-state index contributed by atoms with van der Waals surface area (Å²) in [6.45, 7) is 3.31. The fraction of sp³-hybridized carbons (Fsp3) is 0.538. The number of hydrogen-bond donors (Lipinski definition) is 2. The molecular weight excluding hydrogens is 243 g/mol. The summed E-state index contributed by atoms with van der Waals surface area (Å²) in [6.07, 6.45) is -5.97. The highest BCUT2D eigenvalue weighted by atomic mass is 19.4. The van der Waals surface area contributed by atoms with E-state index in [0.717, 1.165) is 12.0 Å². The first-order valence-corrected chi connectivity index (χ1v) is 5.91. The summed E-state index contributed by atoms with van der Waals surface area (Å²) in [5.41, 5.74) is 2.09. The van der Waals surface area contributed by atoms with Crippen LogP contribution < -0.4 is 5.32 Å². The van der Waals surface area contributed by atoms with Crippen LogP contribution in [0, 0.1) is 0 Å². The second-order valence-corrected chi connectivity index (χ2v) is 4.28. The van der Waals surface area contributed by atoms with E-state index in [-0.39, 0.29) is 6.04 Å². The van der Waals surface area contributed by atoms with Gasteiger partial charge in [-0.25, -0.2) is 0 Å². The Morgan fingerprint density at radius 3 is 2.22 bits per heavy atom. The predicted molar refractivity (Wildman–Crippen MR) is 64.3 cm³/mol. The van der Waals surface area contributed by atoms with Crippen LogP contribution in [-0.4, -0.2) is 23.9 Å². The summed E-state index contributed by atoms with van der Waals surface area (Å²) in [4.78, 5) is 0. The van der Waals surface area contributed by atoms with Crippen LogP contribution in [0.15, 0.2) is 24.3 Å². The van der Waals surface area contributed by atoms with E-state index < -0.39 is 18.8 Å². The molecule has 0 saturated heterocycles. The van der Waals surface area contributed by atoms with Crippen LogP contribution in [0.25, 0.3) is 0 Å². The van der Waals surface area contributed by atoms with Crippen LogP contribution in [-0.2, 0) is 6.42 Å². The van der Waals surface area contributed by atoms with Crippen LogP contribution in [0.2, 0.25) is 0 Å². The van der Waals surface area contributed by atoms with Gasteiger partial charge in [0, 0.05) is 12.6 Å². The molecule has 2 atom stereocenters. The van der Waals surface area contributed by atoms with Crippen LogP contribution >= 0.6 is 0 Å². The fourth-order valence-electron chi connectivity index (χ4n) is 1.56. The number of halogens is 3. The first-order chi connectivity index (χ1) is 8.34. The largest absolute Gasteiger partial charge is 0.415 e. The molecule has 0 aliphatic rings. The molecule has 102 valence electrons. The average molecular weight is 261 g/mol. The molecule has 0 aliphatic heterocycles. The van der Waals surface area contributed by atoms with Gasteiger partial charge in [-0.2, -0.15) is 13.2 Å². The second-order valence-electron chi connectivity index (χ2n) is 4.28. The van der Waals surface area contributed by atoms with E-state index in [2.05, 4.69) is 5.32 Å². The Morgan fingerprint density at radius 2 is 1.78 bits per heavy atom. The summed E-state index contributed by atoms with van der Waals surface area (Å²) in [7, 11) is 0. The van der Waals surface area contributed by atoms with Crippen molar-refractivity contribution in [2.75, 3.05) is 6.54 Å². The zero-order valence-corrected chi connectivity index (χ0v) is 10.5. The summed E-state index contributed by atoms with van der Waals surface area (Å²) >= 11 is 0. The van der Waals surface area contributed by atoms with Crippen LogP contribution in [0.5, 0.6) is 0 Å². The van der Waals surface area contributed by atoms with Crippen molar-refractivity contribution < 1.29 is 18.3 Å². The number of aliphatic hydroxyl groups is 1. The smallest absolute Gasteiger partial charge is 0.382 e. The molecule has 0 heterocycles. The van der Waals surface area contributed by atoms with Gasteiger partial charge >= 0.3 is 6.18 Å². The average Bonchev–Trinajstić information content (AvgIpc) is 2.34. The van der Waals surface area contributed by atoms with Crippen LogP contribution in [0.4, 0.5) is 13.2 Å². The van der Waals surface area contributed by atoms with E-state index in [1.807, 2.05) is 31.2 Å². The fourth-order valence-corrected chi connectivity index (χ4v) is 1.56. The minimum Gasteiger partial charge on any atom is -0.382 e. The molecule has 1 aromatic rings. The Morgan fingerprint density at radius 1 is 1.22 bits per heavy atom. The Labute approximate surface area is 105 Å². The van der Waals surface area contributed by atoms with E-state index in [9.17, 15) is 13.2 Å². The van der Waals surface area contributed by atoms with Crippen LogP contribution in [0.3, 0.4) is 0 Å². The van der Waals surface area contributed by atoms with Gasteiger partial charge in [0.2, 0.25) is 0 Å². The molecule has 0 saturated carbocycles. The lowest BCUT2D eigenvalue weighted by molar-refractivity contribution is -0.202. The molecule has 18 heavy (non-hydrogen) atoms. The van der Waals surface area contributed by atoms with Gasteiger partial charge in [0.25, 0.3) is 0 Å². The minimum atomic E-state index is -4.57. The maximum Gasteiger partial charge on any atom is 0.415 e. The third kappa shape index (κ3) is 4.31. The van der Waals surface area contributed by atoms with Gasteiger partial charge < -0.3 is 10.4 Å². The molecule has 0 spiro atoms. The Balaban J connectivity index is 2.52. The quantitative estimate of drug-likeness (QED) is 0.854. The number of benzene rings is 1. The summed E-state index contributed by atoms with van der Waals surface area (Å²) in [6, 6.07) is 7.45. The van der Waals surface area contributed by atoms with Crippen molar-refractivity contribution in [2.24, 2.45) is 0 Å². The van der Waals surface area contributed by atoms with Crippen LogP contribution in [0.1, 0.15) is 31.0 Å². The Bertz CT molecular complexity index is 361. The van der Waals surface area contributed by atoms with Gasteiger partial charge in [-0.3, -0.25) is 0 Å². The molecule has 0 amide bonds. The molecule has 2 unspecified atom stereocenters. The number of aliphatic hydroxyl groups excluding tert-OH is 1. The summed E-state index contributed by atoms with van der Waals surface area (Å²) in [5, 5.41) is 11.5. The van der Waals surface area contributed by atoms with Gasteiger partial charge in [-0.05, 0) is 24.5 Å². The standard InChI is InChI=1S/C13H18F3NO/c1-3-10-4-6-11(7-5-10)9(2)17-8-12(18)13(14,15)16/h4-7,9,12,17-18H,3,8H2,1-2H3. The lowest BCUT2D eigenvalue weighted by Crippen LogP contribution is -2.39. The Kier molecular flexibility index (Phi) is 5.16. The molecule has 0 bridgehead atoms. The number of rotatable bonds is 5. The van der Waals surface area contributed by atoms with Crippen molar-refractivity contribution in [1.29, 1.82) is 0 Å². The molecular formula is C13H18F3NO. The molecule has 0 radical (unpaired) electrons. The number of hydrogen-bond acceptors (Lipinski definition) is 2. The second kappa shape index (κ2) is 6.20. The zero-order valence-electron chi connectivity index (χ0n) is 10.5. The van der Waals surface area contributed by atoms with Crippen molar-refractivity contribution in [3.63, 3.8) is 0 Å². The van der Waals surface area contributed by atoms with Crippen molar-refractivity contribution in [1.82, 2.24) is 5.32 Å². The maximum absolute atomic E-state index is 12.1. The number of aryl methyl sites for hydroxylation is 1. The highest BCUT2D eigenvalue weighted by Crippen LogP contribution is 2.20. The van der Waals surface area contributed by atoms with Gasteiger partial charge in [-0.1, -0.05) is 31.2 Å². The van der Waals surface area contributed by atoms with E-state index in [1.54, 1.807) is 6.92 Å². The van der Waals surface area contributed by atoms with Gasteiger partial charge in [0.05, 0.1) is 0 Å². The predicted octanol–water partition coefficient (Wildman–Crippen LogP) is 2.82. The molecule has 1 aromatic carbocycles. The minimum absolute atomic E-state index is 0.229. The number of alkyl halides is 3.